The molecule has 2 saturated carbocycles. The molecule has 6 heteroatoms. The number of fused-ring (bicyclic) bond motifs is 2. The fourth-order valence-corrected chi connectivity index (χ4v) is 5.31. The largest absolute Gasteiger partial charge is 0.327 e. The van der Waals surface area contributed by atoms with Crippen LogP contribution in [0.1, 0.15) is 31.4 Å². The zero-order valence-electron chi connectivity index (χ0n) is 16.0. The van der Waals surface area contributed by atoms with Crippen molar-refractivity contribution < 1.29 is 4.79 Å². The first kappa shape index (κ1) is 18.2. The SMILES string of the molecule is CC(C(=O)Nc1ccc(Cl)cc1)[C@H]1[C@@H]2C[C@H](n3cnc4ccc(C#N)cc43)C[C@@H]21. The third kappa shape index (κ3) is 3.18. The molecule has 2 aliphatic carbocycles. The second kappa shape index (κ2) is 6.89. The molecule has 1 amide bonds. The summed E-state index contributed by atoms with van der Waals surface area (Å²) in [6.45, 7) is 2.04. The molecular weight excluding hydrogens is 384 g/mol. The summed E-state index contributed by atoms with van der Waals surface area (Å²) >= 11 is 5.91. The van der Waals surface area contributed by atoms with Gasteiger partial charge in [0.15, 0.2) is 0 Å². The van der Waals surface area contributed by atoms with Gasteiger partial charge in [-0.3, -0.25) is 4.79 Å². The number of aromatic nitrogens is 2. The van der Waals surface area contributed by atoms with E-state index in [4.69, 9.17) is 11.6 Å². The van der Waals surface area contributed by atoms with Gasteiger partial charge >= 0.3 is 0 Å². The highest BCUT2D eigenvalue weighted by molar-refractivity contribution is 6.30. The third-order valence-electron chi connectivity index (χ3n) is 6.69. The van der Waals surface area contributed by atoms with Crippen LogP contribution in [0.2, 0.25) is 5.02 Å². The number of nitrogens with one attached hydrogen (secondary N) is 1. The Bertz CT molecular complexity index is 1120. The van der Waals surface area contributed by atoms with Crippen LogP contribution >= 0.6 is 11.6 Å². The average molecular weight is 405 g/mol. The van der Waals surface area contributed by atoms with Gasteiger partial charge < -0.3 is 9.88 Å². The molecular formula is C23H21ClN4O. The number of hydrogen-bond acceptors (Lipinski definition) is 3. The van der Waals surface area contributed by atoms with Crippen molar-refractivity contribution >= 4 is 34.2 Å². The fourth-order valence-electron chi connectivity index (χ4n) is 5.18. The second-order valence-corrected chi connectivity index (χ2v) is 8.72. The number of benzene rings is 2. The Morgan fingerprint density at radius 3 is 2.66 bits per heavy atom. The summed E-state index contributed by atoms with van der Waals surface area (Å²) in [5.41, 5.74) is 3.40. The van der Waals surface area contributed by atoms with Crippen LogP contribution in [0.4, 0.5) is 5.69 Å². The van der Waals surface area contributed by atoms with Crippen LogP contribution in [0.15, 0.2) is 48.8 Å². The molecule has 0 radical (unpaired) electrons. The molecule has 5 nitrogen and oxygen atoms in total. The van der Waals surface area contributed by atoms with Gasteiger partial charge in [-0.15, -0.1) is 0 Å². The van der Waals surface area contributed by atoms with Gasteiger partial charge in [-0.05, 0) is 73.1 Å². The lowest BCUT2D eigenvalue weighted by molar-refractivity contribution is -0.120. The van der Waals surface area contributed by atoms with E-state index in [1.54, 1.807) is 12.1 Å². The first-order valence-corrected chi connectivity index (χ1v) is 10.4. The monoisotopic (exact) mass is 404 g/mol. The molecule has 146 valence electrons. The van der Waals surface area contributed by atoms with E-state index in [2.05, 4.69) is 20.9 Å². The predicted molar refractivity (Wildman–Crippen MR) is 112 cm³/mol. The van der Waals surface area contributed by atoms with E-state index in [0.29, 0.717) is 34.4 Å². The van der Waals surface area contributed by atoms with Crippen LogP contribution in [-0.2, 0) is 4.79 Å². The Morgan fingerprint density at radius 1 is 1.24 bits per heavy atom. The zero-order valence-corrected chi connectivity index (χ0v) is 16.8. The summed E-state index contributed by atoms with van der Waals surface area (Å²) in [5, 5.41) is 12.9. The van der Waals surface area contributed by atoms with E-state index in [1.807, 2.05) is 43.6 Å². The van der Waals surface area contributed by atoms with Gasteiger partial charge in [0.05, 0.1) is 29.0 Å². The number of carbonyl (C=O) groups excluding carboxylic acids is 1. The number of halogens is 1. The van der Waals surface area contributed by atoms with Gasteiger partial charge in [0.2, 0.25) is 5.91 Å². The summed E-state index contributed by atoms with van der Waals surface area (Å²) in [5.74, 6) is 1.69. The first-order valence-electron chi connectivity index (χ1n) is 9.98. The Labute approximate surface area is 174 Å². The van der Waals surface area contributed by atoms with Crippen LogP contribution in [0, 0.1) is 35.0 Å². The van der Waals surface area contributed by atoms with Crippen molar-refractivity contribution in [3.63, 3.8) is 0 Å². The van der Waals surface area contributed by atoms with Gasteiger partial charge in [0.1, 0.15) is 0 Å². The van der Waals surface area contributed by atoms with Crippen molar-refractivity contribution in [2.24, 2.45) is 23.7 Å². The molecule has 0 bridgehead atoms. The number of nitriles is 1. The van der Waals surface area contributed by atoms with Crippen LogP contribution in [0.5, 0.6) is 0 Å². The van der Waals surface area contributed by atoms with Crippen molar-refractivity contribution in [3.8, 4) is 6.07 Å². The molecule has 1 N–H and O–H groups in total. The highest BCUT2D eigenvalue weighted by atomic mass is 35.5. The number of rotatable bonds is 4. The number of anilines is 1. The van der Waals surface area contributed by atoms with Gasteiger partial charge in [0.25, 0.3) is 0 Å². The number of nitrogens with zero attached hydrogens (tertiary/aromatic N) is 3. The van der Waals surface area contributed by atoms with Crippen molar-refractivity contribution in [3.05, 3.63) is 59.4 Å². The Hall–Kier alpha value is -2.84. The standard InChI is InChI=1S/C23H21ClN4O/c1-13(23(29)27-16-5-3-15(24)4-6-16)22-18-9-17(10-19(18)22)28-12-26-20-7-2-14(11-25)8-21(20)28/h2-8,12-13,17-19,22H,9-10H2,1H3,(H,27,29)/t13?,17-,18+,19-,22-. The van der Waals surface area contributed by atoms with Gasteiger partial charge in [-0.1, -0.05) is 18.5 Å². The minimum absolute atomic E-state index is 0.00801. The Morgan fingerprint density at radius 2 is 1.97 bits per heavy atom. The zero-order chi connectivity index (χ0) is 20.1. The fraction of sp³-hybridized carbons (Fsp3) is 0.348. The molecule has 1 heterocycles. The Balaban J connectivity index is 1.25. The highest BCUT2D eigenvalue weighted by Gasteiger charge is 2.59. The molecule has 2 aromatic carbocycles. The molecule has 2 aliphatic rings. The van der Waals surface area contributed by atoms with E-state index in [1.165, 1.54) is 0 Å². The smallest absolute Gasteiger partial charge is 0.227 e. The van der Waals surface area contributed by atoms with Crippen molar-refractivity contribution in [2.75, 3.05) is 5.32 Å². The number of imidazole rings is 1. The number of carbonyl (C=O) groups is 1. The minimum atomic E-state index is -0.00801. The van der Waals surface area contributed by atoms with E-state index >= 15 is 0 Å². The topological polar surface area (TPSA) is 70.7 Å². The maximum absolute atomic E-state index is 12.7. The summed E-state index contributed by atoms with van der Waals surface area (Å²) in [4.78, 5) is 17.2. The lowest BCUT2D eigenvalue weighted by Gasteiger charge is -2.20. The molecule has 29 heavy (non-hydrogen) atoms. The molecule has 1 unspecified atom stereocenters. The van der Waals surface area contributed by atoms with Crippen LogP contribution in [0.25, 0.3) is 11.0 Å². The normalized spacial score (nSPS) is 26.0. The molecule has 5 atom stereocenters. The van der Waals surface area contributed by atoms with Crippen LogP contribution in [-0.4, -0.2) is 15.5 Å². The molecule has 0 saturated heterocycles. The molecule has 3 aromatic rings. The van der Waals surface area contributed by atoms with Crippen molar-refractivity contribution in [2.45, 2.75) is 25.8 Å². The quantitative estimate of drug-likeness (QED) is 0.662. The lowest BCUT2D eigenvalue weighted by Crippen LogP contribution is -2.24. The maximum atomic E-state index is 12.7. The summed E-state index contributed by atoms with van der Waals surface area (Å²) < 4.78 is 2.22. The second-order valence-electron chi connectivity index (χ2n) is 8.28. The summed E-state index contributed by atoms with van der Waals surface area (Å²) in [6, 6.07) is 15.5. The minimum Gasteiger partial charge on any atom is -0.327 e. The molecule has 2 fully saturated rings. The van der Waals surface area contributed by atoms with Gasteiger partial charge in [-0.2, -0.15) is 5.26 Å². The van der Waals surface area contributed by atoms with Gasteiger partial charge in [0, 0.05) is 22.7 Å². The van der Waals surface area contributed by atoms with Crippen molar-refractivity contribution in [1.82, 2.24) is 9.55 Å². The maximum Gasteiger partial charge on any atom is 0.227 e. The Kier molecular flexibility index (Phi) is 4.33. The van der Waals surface area contributed by atoms with Crippen LogP contribution < -0.4 is 5.32 Å². The third-order valence-corrected chi connectivity index (χ3v) is 6.94. The average Bonchev–Trinajstić information content (AvgIpc) is 3.07. The molecule has 0 spiro atoms. The van der Waals surface area contributed by atoms with E-state index in [9.17, 15) is 10.1 Å². The van der Waals surface area contributed by atoms with Crippen molar-refractivity contribution in [1.29, 1.82) is 5.26 Å². The summed E-state index contributed by atoms with van der Waals surface area (Å²) in [7, 11) is 0. The van der Waals surface area contributed by atoms with E-state index in [0.717, 1.165) is 29.6 Å². The van der Waals surface area contributed by atoms with Gasteiger partial charge in [-0.25, -0.2) is 4.98 Å². The molecule has 5 rings (SSSR count). The first-order chi connectivity index (χ1) is 14.0. The highest BCUT2D eigenvalue weighted by Crippen LogP contribution is 2.64. The van der Waals surface area contributed by atoms with E-state index < -0.39 is 0 Å². The number of amides is 1. The van der Waals surface area contributed by atoms with E-state index in [-0.39, 0.29) is 11.8 Å². The summed E-state index contributed by atoms with van der Waals surface area (Å²) in [6.07, 6.45) is 4.03. The number of hydrogen-bond donors (Lipinski definition) is 1. The predicted octanol–water partition coefficient (Wildman–Crippen LogP) is 5.03. The lowest BCUT2D eigenvalue weighted by atomic mass is 9.96. The molecule has 0 aliphatic heterocycles. The van der Waals surface area contributed by atoms with Crippen LogP contribution in [0.3, 0.4) is 0 Å². The molecule has 1 aromatic heterocycles.